The minimum absolute atomic E-state index is 0.0482. The average Bonchev–Trinajstić information content (AvgIpc) is 3.18. The highest BCUT2D eigenvalue weighted by Gasteiger charge is 2.56. The highest BCUT2D eigenvalue weighted by atomic mass is 79.9. The number of hydrogen-bond donors (Lipinski definition) is 2. The standard InChI is InChI=1S/C30H30BrNO8/c31-22-15-23(34)27-21(28(22)37)14-20-18(25(27)16-5-7-17(8-6-16)40-13-12-33)9-10-19-26(20)30(39)32(29(19)38)11-3-1-2-4-24(35)36/h5-9,15,19-20,25-26,33H,1-4,10-14H2,(H,35,36)/t19-,20+,25-,26-/m0/s1. The van der Waals surface area contributed by atoms with Crippen LogP contribution in [-0.4, -0.2) is 64.2 Å². The molecule has 2 N–H and O–H groups in total. The van der Waals surface area contributed by atoms with Crippen molar-refractivity contribution < 1.29 is 38.9 Å². The smallest absolute Gasteiger partial charge is 0.303 e. The molecule has 0 aromatic heterocycles. The number of aliphatic carboxylic acids is 1. The molecule has 4 atom stereocenters. The van der Waals surface area contributed by atoms with Gasteiger partial charge in [0.05, 0.1) is 22.9 Å². The Morgan fingerprint density at radius 3 is 2.48 bits per heavy atom. The van der Waals surface area contributed by atoms with Gasteiger partial charge in [0.1, 0.15) is 12.4 Å². The molecule has 0 spiro atoms. The maximum atomic E-state index is 13.7. The van der Waals surface area contributed by atoms with Crippen molar-refractivity contribution in [3.05, 3.63) is 63.2 Å². The number of carboxylic acids is 1. The molecule has 0 unspecified atom stereocenters. The first-order chi connectivity index (χ1) is 19.2. The number of imide groups is 1. The number of carboxylic acid groups (broad SMARTS) is 1. The normalized spacial score (nSPS) is 25.8. The van der Waals surface area contributed by atoms with Gasteiger partial charge in [0.2, 0.25) is 11.8 Å². The van der Waals surface area contributed by atoms with Crippen LogP contribution in [-0.2, 0) is 24.0 Å². The van der Waals surface area contributed by atoms with Crippen molar-refractivity contribution in [2.45, 2.75) is 44.4 Å². The number of likely N-dealkylation sites (tertiary alicyclic amines) is 1. The monoisotopic (exact) mass is 611 g/mol. The number of amides is 2. The molecule has 1 saturated heterocycles. The van der Waals surface area contributed by atoms with Gasteiger partial charge in [0.15, 0.2) is 11.6 Å². The first-order valence-corrected chi connectivity index (χ1v) is 14.3. The quantitative estimate of drug-likeness (QED) is 0.177. The fourth-order valence-corrected chi connectivity index (χ4v) is 6.96. The third-order valence-electron chi connectivity index (χ3n) is 8.27. The molecule has 5 rings (SSSR count). The molecule has 1 aromatic rings. The summed E-state index contributed by atoms with van der Waals surface area (Å²) >= 11 is 3.23. The number of Topliss-reactive ketones (excluding diaryl/α,β-unsaturated/α-hetero) is 1. The first kappa shape index (κ1) is 28.2. The van der Waals surface area contributed by atoms with E-state index in [0.717, 1.165) is 11.1 Å². The van der Waals surface area contributed by atoms with Gasteiger partial charge in [-0.05, 0) is 65.2 Å². The molecule has 0 saturated carbocycles. The van der Waals surface area contributed by atoms with Crippen molar-refractivity contribution in [1.82, 2.24) is 4.90 Å². The molecule has 210 valence electrons. The average molecular weight is 612 g/mol. The zero-order valence-corrected chi connectivity index (χ0v) is 23.4. The number of aliphatic hydroxyl groups excluding tert-OH is 1. The predicted molar refractivity (Wildman–Crippen MR) is 146 cm³/mol. The molecule has 10 heteroatoms. The van der Waals surface area contributed by atoms with Crippen molar-refractivity contribution in [2.24, 2.45) is 17.8 Å². The van der Waals surface area contributed by atoms with Crippen LogP contribution in [0.5, 0.6) is 5.75 Å². The number of fused-ring (bicyclic) bond motifs is 3. The van der Waals surface area contributed by atoms with Gasteiger partial charge in [-0.3, -0.25) is 28.9 Å². The molecule has 40 heavy (non-hydrogen) atoms. The largest absolute Gasteiger partial charge is 0.491 e. The highest BCUT2D eigenvalue weighted by molar-refractivity contribution is 9.12. The Morgan fingerprint density at radius 1 is 1.02 bits per heavy atom. The molecule has 1 aliphatic heterocycles. The van der Waals surface area contributed by atoms with Crippen LogP contribution in [0.3, 0.4) is 0 Å². The van der Waals surface area contributed by atoms with Crippen LogP contribution in [0.1, 0.15) is 50.0 Å². The molecule has 1 aromatic carbocycles. The van der Waals surface area contributed by atoms with Crippen LogP contribution < -0.4 is 4.74 Å². The van der Waals surface area contributed by atoms with E-state index in [-0.39, 0.29) is 60.5 Å². The fourth-order valence-electron chi connectivity index (χ4n) is 6.51. The number of ketones is 2. The van der Waals surface area contributed by atoms with Crippen molar-refractivity contribution in [3.8, 4) is 5.75 Å². The molecular formula is C30H30BrNO8. The van der Waals surface area contributed by atoms with Crippen LogP contribution in [0.15, 0.2) is 57.6 Å². The van der Waals surface area contributed by atoms with E-state index in [9.17, 15) is 24.0 Å². The number of carbonyl (C=O) groups is 5. The van der Waals surface area contributed by atoms with Crippen LogP contribution in [0.2, 0.25) is 0 Å². The summed E-state index contributed by atoms with van der Waals surface area (Å²) in [4.78, 5) is 65.7. The number of rotatable bonds is 10. The lowest BCUT2D eigenvalue weighted by Gasteiger charge is -2.42. The minimum Gasteiger partial charge on any atom is -0.491 e. The maximum absolute atomic E-state index is 13.7. The number of benzene rings is 1. The molecule has 0 radical (unpaired) electrons. The zero-order chi connectivity index (χ0) is 28.6. The molecule has 3 aliphatic carbocycles. The Kier molecular flexibility index (Phi) is 8.19. The van der Waals surface area contributed by atoms with Gasteiger partial charge in [0, 0.05) is 36.1 Å². The lowest BCUT2D eigenvalue weighted by Crippen LogP contribution is -2.39. The van der Waals surface area contributed by atoms with Crippen molar-refractivity contribution in [3.63, 3.8) is 0 Å². The van der Waals surface area contributed by atoms with E-state index >= 15 is 0 Å². The molecule has 1 heterocycles. The summed E-state index contributed by atoms with van der Waals surface area (Å²) in [5, 5.41) is 17.9. The van der Waals surface area contributed by atoms with E-state index in [4.69, 9.17) is 14.9 Å². The Hall–Kier alpha value is -3.37. The van der Waals surface area contributed by atoms with E-state index in [1.54, 1.807) is 12.1 Å². The van der Waals surface area contributed by atoms with Crippen molar-refractivity contribution in [1.29, 1.82) is 0 Å². The number of nitrogens with zero attached hydrogens (tertiary/aromatic N) is 1. The van der Waals surface area contributed by atoms with E-state index < -0.39 is 29.6 Å². The summed E-state index contributed by atoms with van der Waals surface area (Å²) in [7, 11) is 0. The predicted octanol–water partition coefficient (Wildman–Crippen LogP) is 3.46. The first-order valence-electron chi connectivity index (χ1n) is 13.5. The van der Waals surface area contributed by atoms with Gasteiger partial charge >= 0.3 is 5.97 Å². The number of aliphatic hydroxyl groups is 1. The van der Waals surface area contributed by atoms with Gasteiger partial charge < -0.3 is 14.9 Å². The summed E-state index contributed by atoms with van der Waals surface area (Å²) in [5.41, 5.74) is 2.43. The van der Waals surface area contributed by atoms with E-state index in [0.29, 0.717) is 42.6 Å². The minimum atomic E-state index is -0.872. The SMILES string of the molecule is O=C(O)CCCCCN1C(=O)[C@H]2[C@H](CC=C3[C@H](c4ccc(OCCO)cc4)C4=C(C[C@H]32)C(=O)C(Br)=CC4=O)C1=O. The Morgan fingerprint density at radius 2 is 1.77 bits per heavy atom. The van der Waals surface area contributed by atoms with Gasteiger partial charge in [-0.1, -0.05) is 30.2 Å². The molecule has 2 amide bonds. The Balaban J connectivity index is 1.46. The molecule has 0 bridgehead atoms. The number of allylic oxidation sites excluding steroid dienone is 6. The van der Waals surface area contributed by atoms with Crippen LogP contribution in [0, 0.1) is 17.8 Å². The van der Waals surface area contributed by atoms with Gasteiger partial charge in [-0.2, -0.15) is 0 Å². The number of unbranched alkanes of at least 4 members (excludes halogenated alkanes) is 2. The number of ether oxygens (including phenoxy) is 1. The second kappa shape index (κ2) is 11.6. The number of hydrogen-bond acceptors (Lipinski definition) is 7. The van der Waals surface area contributed by atoms with E-state index in [1.165, 1.54) is 11.0 Å². The fraction of sp³-hybridized carbons (Fsp3) is 0.433. The van der Waals surface area contributed by atoms with Crippen LogP contribution in [0.25, 0.3) is 0 Å². The van der Waals surface area contributed by atoms with Crippen LogP contribution >= 0.6 is 15.9 Å². The number of halogens is 1. The third-order valence-corrected chi connectivity index (χ3v) is 8.86. The molecule has 1 fully saturated rings. The summed E-state index contributed by atoms with van der Waals surface area (Å²) in [6.45, 7) is 0.263. The number of carbonyl (C=O) groups excluding carboxylic acids is 4. The summed E-state index contributed by atoms with van der Waals surface area (Å²) in [6, 6.07) is 7.15. The van der Waals surface area contributed by atoms with Gasteiger partial charge in [-0.15, -0.1) is 0 Å². The second-order valence-electron chi connectivity index (χ2n) is 10.6. The molecular weight excluding hydrogens is 582 g/mol. The summed E-state index contributed by atoms with van der Waals surface area (Å²) in [5.74, 6) is -3.43. The summed E-state index contributed by atoms with van der Waals surface area (Å²) < 4.78 is 5.67. The van der Waals surface area contributed by atoms with E-state index in [1.807, 2.05) is 18.2 Å². The van der Waals surface area contributed by atoms with E-state index in [2.05, 4.69) is 15.9 Å². The van der Waals surface area contributed by atoms with Crippen molar-refractivity contribution in [2.75, 3.05) is 19.8 Å². The van der Waals surface area contributed by atoms with Gasteiger partial charge in [0.25, 0.3) is 0 Å². The highest BCUT2D eigenvalue weighted by Crippen LogP contribution is 2.55. The lowest BCUT2D eigenvalue weighted by atomic mass is 9.59. The van der Waals surface area contributed by atoms with Gasteiger partial charge in [-0.25, -0.2) is 0 Å². The lowest BCUT2D eigenvalue weighted by molar-refractivity contribution is -0.141. The second-order valence-corrected chi connectivity index (χ2v) is 11.4. The Labute approximate surface area is 239 Å². The van der Waals surface area contributed by atoms with Crippen molar-refractivity contribution >= 4 is 45.3 Å². The summed E-state index contributed by atoms with van der Waals surface area (Å²) in [6.07, 6.45) is 5.51. The Bertz CT molecular complexity index is 1360. The topological polar surface area (TPSA) is 138 Å². The molecule has 9 nitrogen and oxygen atoms in total. The third kappa shape index (κ3) is 5.10. The van der Waals surface area contributed by atoms with Crippen LogP contribution in [0.4, 0.5) is 0 Å². The molecule has 4 aliphatic rings. The maximum Gasteiger partial charge on any atom is 0.303 e. The zero-order valence-electron chi connectivity index (χ0n) is 21.8.